The number of ether oxygens (including phenoxy) is 2. The van der Waals surface area contributed by atoms with Gasteiger partial charge in [0.2, 0.25) is 0 Å². The predicted octanol–water partition coefficient (Wildman–Crippen LogP) is 5.08. The van der Waals surface area contributed by atoms with E-state index in [1.807, 2.05) is 36.4 Å². The Hall–Kier alpha value is -4.28. The van der Waals surface area contributed by atoms with Crippen LogP contribution in [0.25, 0.3) is 21.9 Å². The summed E-state index contributed by atoms with van der Waals surface area (Å²) < 4.78 is 36.1. The molecule has 1 saturated heterocycles. The van der Waals surface area contributed by atoms with Crippen molar-refractivity contribution in [3.05, 3.63) is 78.9 Å². The van der Waals surface area contributed by atoms with Crippen LogP contribution in [0.1, 0.15) is 0 Å². The van der Waals surface area contributed by atoms with E-state index in [0.717, 1.165) is 21.9 Å². The van der Waals surface area contributed by atoms with E-state index >= 15 is 0 Å². The summed E-state index contributed by atoms with van der Waals surface area (Å²) >= 11 is 0. The van der Waals surface area contributed by atoms with Crippen molar-refractivity contribution in [1.29, 1.82) is 0 Å². The van der Waals surface area contributed by atoms with Gasteiger partial charge in [0.05, 0.1) is 4.90 Å². The van der Waals surface area contributed by atoms with E-state index in [-0.39, 0.29) is 10.6 Å². The third-order valence-electron chi connectivity index (χ3n) is 6.91. The molecule has 0 aromatic heterocycles. The Morgan fingerprint density at radius 3 is 2.20 bits per heavy atom. The minimum atomic E-state index is -3.32. The highest BCUT2D eigenvalue weighted by Crippen LogP contribution is 2.41. The molecule has 1 heterocycles. The number of carbonyl (C=O) groups is 1. The molecule has 0 aliphatic carbocycles. The molecule has 208 valence electrons. The highest BCUT2D eigenvalue weighted by atomic mass is 32.2. The van der Waals surface area contributed by atoms with Gasteiger partial charge in [0.25, 0.3) is 0 Å². The molecule has 0 saturated carbocycles. The summed E-state index contributed by atoms with van der Waals surface area (Å²) in [5.74, 6) is 2.01. The second-order valence-electron chi connectivity index (χ2n) is 9.68. The number of phenols is 1. The van der Waals surface area contributed by atoms with Crippen molar-refractivity contribution in [3.8, 4) is 34.1 Å². The molecule has 0 atom stereocenters. The van der Waals surface area contributed by atoms with Crippen molar-refractivity contribution >= 4 is 26.7 Å². The van der Waals surface area contributed by atoms with Crippen LogP contribution in [0.2, 0.25) is 0 Å². The van der Waals surface area contributed by atoms with Gasteiger partial charge in [-0.25, -0.2) is 13.2 Å². The van der Waals surface area contributed by atoms with E-state index < -0.39 is 15.9 Å². The van der Waals surface area contributed by atoms with Crippen LogP contribution in [0.4, 0.5) is 4.79 Å². The maximum absolute atomic E-state index is 11.9. The first-order chi connectivity index (χ1) is 19.2. The molecule has 0 bridgehead atoms. The Bertz CT molecular complexity index is 1610. The van der Waals surface area contributed by atoms with Crippen molar-refractivity contribution < 1.29 is 32.9 Å². The number of fused-ring (bicyclic) bond motifs is 1. The lowest BCUT2D eigenvalue weighted by Crippen LogP contribution is -2.49. The number of phenolic OH excluding ortho intramolecular Hbond substituents is 1. The monoisotopic (exact) mass is 562 g/mol. The molecule has 10 heteroatoms. The van der Waals surface area contributed by atoms with Crippen LogP contribution in [0, 0.1) is 0 Å². The number of aromatic hydroxyl groups is 1. The zero-order chi connectivity index (χ0) is 28.3. The zero-order valence-corrected chi connectivity index (χ0v) is 22.8. The van der Waals surface area contributed by atoms with E-state index in [1.54, 1.807) is 42.5 Å². The van der Waals surface area contributed by atoms with Gasteiger partial charge in [-0.15, -0.1) is 0 Å². The molecular formula is C30H30N2O7S. The van der Waals surface area contributed by atoms with Gasteiger partial charge in [-0.2, -0.15) is 0 Å². The fourth-order valence-corrected chi connectivity index (χ4v) is 5.32. The summed E-state index contributed by atoms with van der Waals surface area (Å²) in [4.78, 5) is 14.9. The van der Waals surface area contributed by atoms with E-state index in [9.17, 15) is 18.3 Å². The van der Waals surface area contributed by atoms with Crippen molar-refractivity contribution in [2.45, 2.75) is 4.90 Å². The third kappa shape index (κ3) is 6.30. The first-order valence-corrected chi connectivity index (χ1v) is 14.7. The van der Waals surface area contributed by atoms with Gasteiger partial charge < -0.3 is 24.6 Å². The van der Waals surface area contributed by atoms with E-state index in [2.05, 4.69) is 4.90 Å². The van der Waals surface area contributed by atoms with Crippen LogP contribution < -0.4 is 9.47 Å². The molecular weight excluding hydrogens is 532 g/mol. The van der Waals surface area contributed by atoms with Gasteiger partial charge in [0, 0.05) is 49.9 Å². The minimum Gasteiger partial charge on any atom is -0.508 e. The molecule has 0 spiro atoms. The first-order valence-electron chi connectivity index (χ1n) is 12.8. The number of piperazine rings is 1. The Morgan fingerprint density at radius 1 is 0.875 bits per heavy atom. The van der Waals surface area contributed by atoms with Gasteiger partial charge in [-0.3, -0.25) is 4.90 Å². The average molecular weight is 563 g/mol. The number of nitrogens with zero attached hydrogens (tertiary/aromatic N) is 2. The number of amides is 1. The number of benzene rings is 4. The Balaban J connectivity index is 1.31. The molecule has 1 aliphatic heterocycles. The number of hydrogen-bond donors (Lipinski definition) is 2. The van der Waals surface area contributed by atoms with Gasteiger partial charge in [0.1, 0.15) is 29.6 Å². The quantitative estimate of drug-likeness (QED) is 0.305. The fraction of sp³-hybridized carbons (Fsp3) is 0.233. The molecule has 5 rings (SSSR count). The highest BCUT2D eigenvalue weighted by Gasteiger charge is 2.20. The van der Waals surface area contributed by atoms with Crippen LogP contribution in [0.5, 0.6) is 23.0 Å². The Kier molecular flexibility index (Phi) is 7.81. The average Bonchev–Trinajstić information content (AvgIpc) is 2.94. The normalized spacial score (nSPS) is 14.3. The summed E-state index contributed by atoms with van der Waals surface area (Å²) in [5.41, 5.74) is 1.57. The van der Waals surface area contributed by atoms with E-state index in [0.29, 0.717) is 56.6 Å². The molecule has 1 fully saturated rings. The number of hydrogen-bond acceptors (Lipinski definition) is 7. The van der Waals surface area contributed by atoms with Crippen LogP contribution in [0.15, 0.2) is 83.8 Å². The maximum atomic E-state index is 11.9. The van der Waals surface area contributed by atoms with Gasteiger partial charge in [-0.05, 0) is 71.6 Å². The Labute approximate surface area is 232 Å². The summed E-state index contributed by atoms with van der Waals surface area (Å²) in [6.45, 7) is 3.55. The minimum absolute atomic E-state index is 0.147. The first kappa shape index (κ1) is 27.3. The number of sulfone groups is 1. The van der Waals surface area contributed by atoms with Crippen LogP contribution in [0.3, 0.4) is 0 Å². The molecule has 4 aromatic carbocycles. The molecule has 4 aromatic rings. The molecule has 9 nitrogen and oxygen atoms in total. The molecule has 0 radical (unpaired) electrons. The molecule has 2 N–H and O–H groups in total. The Morgan fingerprint density at radius 2 is 1.55 bits per heavy atom. The van der Waals surface area contributed by atoms with Crippen molar-refractivity contribution in [1.82, 2.24) is 9.80 Å². The fourth-order valence-electron chi connectivity index (χ4n) is 4.68. The molecule has 1 aliphatic rings. The lowest BCUT2D eigenvalue weighted by Gasteiger charge is -2.32. The number of carboxylic acid groups (broad SMARTS) is 1. The highest BCUT2D eigenvalue weighted by molar-refractivity contribution is 7.90. The SMILES string of the molecule is CS(=O)(=O)c1ccc(-c2ccc3cc(O)ccc3c2Oc2ccc(OCCN3CCN(C(=O)O)CC3)cc2)cc1. The molecule has 1 amide bonds. The standard InChI is InChI=1S/C30H30N2O7S/c1-40(36,37)26-10-2-21(3-11-26)27-12-4-22-20-23(33)5-13-28(22)29(27)39-25-8-6-24(7-9-25)38-19-18-31-14-16-32(17-15-31)30(34)35/h2-13,20,33H,14-19H2,1H3,(H,34,35). The zero-order valence-electron chi connectivity index (χ0n) is 22.0. The second kappa shape index (κ2) is 11.4. The van der Waals surface area contributed by atoms with Crippen molar-refractivity contribution in [2.75, 3.05) is 45.6 Å². The van der Waals surface area contributed by atoms with Crippen LogP contribution >= 0.6 is 0 Å². The summed E-state index contributed by atoms with van der Waals surface area (Å²) in [5, 5.41) is 20.7. The van der Waals surface area contributed by atoms with Gasteiger partial charge in [-0.1, -0.05) is 18.2 Å². The third-order valence-corrected chi connectivity index (χ3v) is 8.04. The van der Waals surface area contributed by atoms with E-state index in [4.69, 9.17) is 14.6 Å². The molecule has 40 heavy (non-hydrogen) atoms. The van der Waals surface area contributed by atoms with Crippen molar-refractivity contribution in [2.24, 2.45) is 0 Å². The molecule has 0 unspecified atom stereocenters. The summed E-state index contributed by atoms with van der Waals surface area (Å²) in [6, 6.07) is 22.8. The van der Waals surface area contributed by atoms with Crippen LogP contribution in [-0.2, 0) is 9.84 Å². The largest absolute Gasteiger partial charge is 0.508 e. The summed E-state index contributed by atoms with van der Waals surface area (Å²) in [6.07, 6.45) is 0.298. The van der Waals surface area contributed by atoms with Crippen molar-refractivity contribution in [3.63, 3.8) is 0 Å². The van der Waals surface area contributed by atoms with E-state index in [1.165, 1.54) is 11.2 Å². The lowest BCUT2D eigenvalue weighted by molar-refractivity contribution is 0.0985. The predicted molar refractivity (Wildman–Crippen MR) is 152 cm³/mol. The van der Waals surface area contributed by atoms with Crippen LogP contribution in [-0.4, -0.2) is 80.1 Å². The van der Waals surface area contributed by atoms with Gasteiger partial charge >= 0.3 is 6.09 Å². The second-order valence-corrected chi connectivity index (χ2v) is 11.7. The van der Waals surface area contributed by atoms with Gasteiger partial charge in [0.15, 0.2) is 9.84 Å². The lowest BCUT2D eigenvalue weighted by atomic mass is 9.99. The maximum Gasteiger partial charge on any atom is 0.407 e. The topological polar surface area (TPSA) is 117 Å². The smallest absolute Gasteiger partial charge is 0.407 e. The number of rotatable bonds is 8. The summed E-state index contributed by atoms with van der Waals surface area (Å²) in [7, 11) is -3.32.